The number of carbonyl (C=O) groups excluding carboxylic acids is 1. The predicted octanol–water partition coefficient (Wildman–Crippen LogP) is 2.74. The van der Waals surface area contributed by atoms with Crippen LogP contribution >= 0.6 is 0 Å². The van der Waals surface area contributed by atoms with Gasteiger partial charge < -0.3 is 15.1 Å². The SMILES string of the molecule is CCN1CCN(c2ccc(NC(=O)CN3C[C@H](C)C[C@@H](C)C3)cc2)CC1. The van der Waals surface area contributed by atoms with Crippen molar-refractivity contribution in [3.63, 3.8) is 0 Å². The average Bonchev–Trinajstić information content (AvgIpc) is 2.61. The van der Waals surface area contributed by atoms with Gasteiger partial charge in [0.25, 0.3) is 0 Å². The fourth-order valence-electron chi connectivity index (χ4n) is 4.40. The van der Waals surface area contributed by atoms with Crippen LogP contribution < -0.4 is 10.2 Å². The monoisotopic (exact) mass is 358 g/mol. The van der Waals surface area contributed by atoms with Crippen LogP contribution in [0.1, 0.15) is 27.2 Å². The summed E-state index contributed by atoms with van der Waals surface area (Å²) in [4.78, 5) is 19.6. The second-order valence-electron chi connectivity index (χ2n) is 8.16. The van der Waals surface area contributed by atoms with E-state index in [1.807, 2.05) is 12.1 Å². The van der Waals surface area contributed by atoms with Crippen molar-refractivity contribution in [2.24, 2.45) is 11.8 Å². The molecule has 0 aromatic heterocycles. The lowest BCUT2D eigenvalue weighted by atomic mass is 9.92. The molecule has 1 N–H and O–H groups in total. The molecule has 2 heterocycles. The molecule has 0 radical (unpaired) electrons. The number of hydrogen-bond acceptors (Lipinski definition) is 4. The Kier molecular flexibility index (Phi) is 6.54. The molecule has 1 aromatic carbocycles. The molecule has 0 spiro atoms. The van der Waals surface area contributed by atoms with Gasteiger partial charge in [0.05, 0.1) is 6.54 Å². The van der Waals surface area contributed by atoms with E-state index in [4.69, 9.17) is 0 Å². The van der Waals surface area contributed by atoms with Crippen molar-refractivity contribution >= 4 is 17.3 Å². The molecule has 0 aliphatic carbocycles. The first-order valence-corrected chi connectivity index (χ1v) is 10.1. The first kappa shape index (κ1) is 19.2. The van der Waals surface area contributed by atoms with Crippen molar-refractivity contribution in [1.29, 1.82) is 0 Å². The number of nitrogens with zero attached hydrogens (tertiary/aromatic N) is 3. The van der Waals surface area contributed by atoms with Gasteiger partial charge in [-0.1, -0.05) is 20.8 Å². The zero-order chi connectivity index (χ0) is 18.5. The van der Waals surface area contributed by atoms with Crippen LogP contribution in [0.3, 0.4) is 0 Å². The lowest BCUT2D eigenvalue weighted by Crippen LogP contribution is -2.46. The van der Waals surface area contributed by atoms with E-state index in [1.54, 1.807) is 0 Å². The third-order valence-electron chi connectivity index (χ3n) is 5.65. The molecule has 0 bridgehead atoms. The van der Waals surface area contributed by atoms with E-state index in [2.05, 4.69) is 52.9 Å². The van der Waals surface area contributed by atoms with Crippen LogP contribution in [0.25, 0.3) is 0 Å². The molecule has 0 unspecified atom stereocenters. The average molecular weight is 359 g/mol. The second-order valence-corrected chi connectivity index (χ2v) is 8.16. The second kappa shape index (κ2) is 8.87. The number of benzene rings is 1. The topological polar surface area (TPSA) is 38.8 Å². The zero-order valence-electron chi connectivity index (χ0n) is 16.6. The molecule has 144 valence electrons. The Bertz CT molecular complexity index is 570. The van der Waals surface area contributed by atoms with Gasteiger partial charge in [-0.25, -0.2) is 0 Å². The Hall–Kier alpha value is -1.59. The van der Waals surface area contributed by atoms with Crippen LogP contribution in [0.15, 0.2) is 24.3 Å². The van der Waals surface area contributed by atoms with Crippen LogP contribution in [0.2, 0.25) is 0 Å². The van der Waals surface area contributed by atoms with Gasteiger partial charge in [-0.3, -0.25) is 9.69 Å². The highest BCUT2D eigenvalue weighted by atomic mass is 16.2. The number of nitrogens with one attached hydrogen (secondary N) is 1. The Morgan fingerprint density at radius 3 is 2.19 bits per heavy atom. The molecule has 26 heavy (non-hydrogen) atoms. The lowest BCUT2D eigenvalue weighted by Gasteiger charge is -2.35. The highest BCUT2D eigenvalue weighted by molar-refractivity contribution is 5.92. The largest absolute Gasteiger partial charge is 0.369 e. The number of likely N-dealkylation sites (tertiary alicyclic amines) is 1. The van der Waals surface area contributed by atoms with E-state index < -0.39 is 0 Å². The summed E-state index contributed by atoms with van der Waals surface area (Å²) in [6, 6.07) is 8.31. The summed E-state index contributed by atoms with van der Waals surface area (Å²) in [7, 11) is 0. The molecule has 5 heteroatoms. The zero-order valence-corrected chi connectivity index (χ0v) is 16.6. The van der Waals surface area contributed by atoms with Gasteiger partial charge in [0.1, 0.15) is 0 Å². The number of amides is 1. The minimum absolute atomic E-state index is 0.0932. The Morgan fingerprint density at radius 1 is 1.00 bits per heavy atom. The number of anilines is 2. The molecule has 2 fully saturated rings. The standard InChI is InChI=1S/C21H34N4O/c1-4-23-9-11-25(12-10-23)20-7-5-19(6-8-20)22-21(26)16-24-14-17(2)13-18(3)15-24/h5-8,17-18H,4,9-16H2,1-3H3,(H,22,26)/t17-,18-/m1/s1. The number of carbonyl (C=O) groups is 1. The predicted molar refractivity (Wildman–Crippen MR) is 109 cm³/mol. The maximum atomic E-state index is 12.4. The van der Waals surface area contributed by atoms with Gasteiger partial charge in [0.2, 0.25) is 5.91 Å². The van der Waals surface area contributed by atoms with Crippen LogP contribution in [0.4, 0.5) is 11.4 Å². The third-order valence-corrected chi connectivity index (χ3v) is 5.65. The quantitative estimate of drug-likeness (QED) is 0.878. The normalized spacial score (nSPS) is 25.3. The summed E-state index contributed by atoms with van der Waals surface area (Å²) < 4.78 is 0. The number of hydrogen-bond donors (Lipinski definition) is 1. The Balaban J connectivity index is 1.48. The molecule has 0 saturated carbocycles. The highest BCUT2D eigenvalue weighted by Gasteiger charge is 2.23. The third kappa shape index (κ3) is 5.21. The van der Waals surface area contributed by atoms with Gasteiger partial charge in [0.15, 0.2) is 0 Å². The van der Waals surface area contributed by atoms with Crippen molar-refractivity contribution in [2.75, 3.05) is 62.6 Å². The van der Waals surface area contributed by atoms with Crippen molar-refractivity contribution in [3.05, 3.63) is 24.3 Å². The maximum Gasteiger partial charge on any atom is 0.238 e. The molecule has 1 amide bonds. The molecule has 2 atom stereocenters. The molecular formula is C21H34N4O. The van der Waals surface area contributed by atoms with Gasteiger partial charge in [-0.2, -0.15) is 0 Å². The number of piperidine rings is 1. The van der Waals surface area contributed by atoms with Gasteiger partial charge in [0, 0.05) is 50.6 Å². The Labute approximate surface area is 158 Å². The van der Waals surface area contributed by atoms with Crippen molar-refractivity contribution in [3.8, 4) is 0 Å². The summed E-state index contributed by atoms with van der Waals surface area (Å²) >= 11 is 0. The van der Waals surface area contributed by atoms with Crippen LogP contribution in [0, 0.1) is 11.8 Å². The van der Waals surface area contributed by atoms with E-state index >= 15 is 0 Å². The van der Waals surface area contributed by atoms with E-state index in [1.165, 1.54) is 12.1 Å². The highest BCUT2D eigenvalue weighted by Crippen LogP contribution is 2.22. The minimum Gasteiger partial charge on any atom is -0.369 e. The molecule has 2 aliphatic heterocycles. The fraction of sp³-hybridized carbons (Fsp3) is 0.667. The first-order valence-electron chi connectivity index (χ1n) is 10.1. The van der Waals surface area contributed by atoms with E-state index in [9.17, 15) is 4.79 Å². The van der Waals surface area contributed by atoms with Crippen LogP contribution in [-0.4, -0.2) is 68.1 Å². The van der Waals surface area contributed by atoms with Crippen molar-refractivity contribution < 1.29 is 4.79 Å². The summed E-state index contributed by atoms with van der Waals surface area (Å²) in [5, 5.41) is 3.06. The Morgan fingerprint density at radius 2 is 1.62 bits per heavy atom. The minimum atomic E-state index is 0.0932. The summed E-state index contributed by atoms with van der Waals surface area (Å²) in [5.74, 6) is 1.45. The molecule has 2 saturated heterocycles. The lowest BCUT2D eigenvalue weighted by molar-refractivity contribution is -0.117. The summed E-state index contributed by atoms with van der Waals surface area (Å²) in [5.41, 5.74) is 2.14. The van der Waals surface area contributed by atoms with Gasteiger partial charge >= 0.3 is 0 Å². The number of likely N-dealkylation sites (N-methyl/N-ethyl adjacent to an activating group) is 1. The number of rotatable bonds is 5. The summed E-state index contributed by atoms with van der Waals surface area (Å²) in [6.07, 6.45) is 1.27. The van der Waals surface area contributed by atoms with Crippen LogP contribution in [-0.2, 0) is 4.79 Å². The summed E-state index contributed by atoms with van der Waals surface area (Å²) in [6.45, 7) is 14.9. The van der Waals surface area contributed by atoms with Gasteiger partial charge in [-0.05, 0) is 49.1 Å². The molecule has 1 aromatic rings. The smallest absolute Gasteiger partial charge is 0.238 e. The fourth-order valence-corrected chi connectivity index (χ4v) is 4.40. The van der Waals surface area contributed by atoms with Crippen LogP contribution in [0.5, 0.6) is 0 Å². The van der Waals surface area contributed by atoms with Gasteiger partial charge in [-0.15, -0.1) is 0 Å². The molecule has 5 nitrogen and oxygen atoms in total. The van der Waals surface area contributed by atoms with Crippen molar-refractivity contribution in [1.82, 2.24) is 9.80 Å². The maximum absolute atomic E-state index is 12.4. The molecule has 3 rings (SSSR count). The first-order chi connectivity index (χ1) is 12.5. The number of piperazine rings is 1. The molecule has 2 aliphatic rings. The van der Waals surface area contributed by atoms with E-state index in [0.29, 0.717) is 18.4 Å². The van der Waals surface area contributed by atoms with E-state index in [-0.39, 0.29) is 5.91 Å². The van der Waals surface area contributed by atoms with E-state index in [0.717, 1.165) is 51.5 Å². The molecular weight excluding hydrogens is 324 g/mol. The van der Waals surface area contributed by atoms with Crippen molar-refractivity contribution in [2.45, 2.75) is 27.2 Å².